The molecule has 14 heavy (non-hydrogen) atoms. The fraction of sp³-hybridized carbons (Fsp3) is 0.300. The lowest BCUT2D eigenvalue weighted by Gasteiger charge is -2.27. The number of ketones is 1. The molecule has 1 atom stereocenters. The Hall–Kier alpha value is 0.700. The van der Waals surface area contributed by atoms with Gasteiger partial charge in [-0.1, -0.05) is 52.9 Å². The monoisotopic (exact) mass is 434 g/mol. The van der Waals surface area contributed by atoms with Crippen LogP contribution in [-0.4, -0.2) is 21.6 Å². The fourth-order valence-electron chi connectivity index (χ4n) is 0.988. The molecule has 1 rings (SSSR count). The first kappa shape index (κ1) is 12.8. The Balaban J connectivity index is 2.87. The molecule has 0 aliphatic carbocycles. The molecule has 78 valence electrons. The van der Waals surface area contributed by atoms with Gasteiger partial charge in [0.2, 0.25) is 0 Å². The molecule has 0 N–H and O–H groups in total. The van der Waals surface area contributed by atoms with E-state index >= 15 is 0 Å². The van der Waals surface area contributed by atoms with Crippen molar-refractivity contribution >= 4 is 56.8 Å². The number of benzene rings is 1. The summed E-state index contributed by atoms with van der Waals surface area (Å²) in [5, 5.41) is 0. The lowest BCUT2D eigenvalue weighted by atomic mass is 10.2. The molecule has 0 aliphatic heterocycles. The summed E-state index contributed by atoms with van der Waals surface area (Å²) in [6.45, 7) is 0. The van der Waals surface area contributed by atoms with Gasteiger partial charge in [0.15, 0.2) is 5.78 Å². The van der Waals surface area contributed by atoms with Crippen LogP contribution in [0.25, 0.3) is 0 Å². The Kier molecular flexibility index (Phi) is 4.70. The van der Waals surface area contributed by atoms with Crippen molar-refractivity contribution < 1.29 is 4.79 Å². The van der Waals surface area contributed by atoms with Gasteiger partial charge in [-0.3, -0.25) is 4.79 Å². The zero-order valence-electron chi connectivity index (χ0n) is 8.04. The van der Waals surface area contributed by atoms with Crippen LogP contribution in [0.15, 0.2) is 30.3 Å². The maximum atomic E-state index is 12.0. The summed E-state index contributed by atoms with van der Waals surface area (Å²) in [5.74, 6) is 0.251. The zero-order valence-corrected chi connectivity index (χ0v) is 13.2. The minimum Gasteiger partial charge on any atom is -0.292 e. The Morgan fingerprint density at radius 3 is 2.21 bits per heavy atom. The predicted octanol–water partition coefficient (Wildman–Crippen LogP) is 4.04. The van der Waals surface area contributed by atoms with E-state index in [1.807, 2.05) is 30.3 Å². The van der Waals surface area contributed by atoms with Gasteiger partial charge in [0.25, 0.3) is 0 Å². The number of hydrogen-bond acceptors (Lipinski definition) is 1. The second-order valence-corrected chi connectivity index (χ2v) is 15.3. The summed E-state index contributed by atoms with van der Waals surface area (Å²) in [7, 11) is -0.843. The second-order valence-electron chi connectivity index (χ2n) is 3.32. The topological polar surface area (TPSA) is 17.1 Å². The molecule has 0 spiro atoms. The molecule has 1 unspecified atom stereocenters. The SMILES string of the molecule is CS(C)(I)C(I)C(=O)c1ccccc1. The van der Waals surface area contributed by atoms with Gasteiger partial charge < -0.3 is 0 Å². The molecule has 0 amide bonds. The van der Waals surface area contributed by atoms with Gasteiger partial charge in [-0.15, -0.1) is 0 Å². The molecule has 1 aromatic rings. The van der Waals surface area contributed by atoms with E-state index in [1.54, 1.807) is 0 Å². The first-order chi connectivity index (χ1) is 6.43. The van der Waals surface area contributed by atoms with Crippen LogP contribution in [0.3, 0.4) is 0 Å². The lowest BCUT2D eigenvalue weighted by molar-refractivity contribution is 0.101. The van der Waals surface area contributed by atoms with Crippen molar-refractivity contribution in [1.82, 2.24) is 0 Å². The number of halogens is 2. The molecule has 0 radical (unpaired) electrons. The highest BCUT2D eigenvalue weighted by molar-refractivity contribution is 14.2. The van der Waals surface area contributed by atoms with Crippen molar-refractivity contribution in [3.05, 3.63) is 35.9 Å². The van der Waals surface area contributed by atoms with Crippen molar-refractivity contribution in [3.63, 3.8) is 0 Å². The van der Waals surface area contributed by atoms with Crippen LogP contribution >= 0.6 is 51.0 Å². The van der Waals surface area contributed by atoms with Crippen molar-refractivity contribution in [2.45, 2.75) is 3.26 Å². The molecule has 1 nitrogen and oxygen atoms in total. The molecule has 4 heteroatoms. The van der Waals surface area contributed by atoms with E-state index in [1.165, 1.54) is 0 Å². The number of rotatable bonds is 3. The molecule has 0 bridgehead atoms. The fourth-order valence-corrected chi connectivity index (χ4v) is 2.69. The van der Waals surface area contributed by atoms with Gasteiger partial charge in [-0.2, -0.15) is 7.20 Å². The molecule has 0 aromatic heterocycles. The van der Waals surface area contributed by atoms with Gasteiger partial charge >= 0.3 is 0 Å². The zero-order chi connectivity index (χ0) is 10.8. The van der Waals surface area contributed by atoms with Crippen LogP contribution in [0.1, 0.15) is 10.4 Å². The van der Waals surface area contributed by atoms with Gasteiger partial charge in [-0.25, -0.2) is 0 Å². The van der Waals surface area contributed by atoms with Crippen molar-refractivity contribution in [2.75, 3.05) is 12.5 Å². The minimum atomic E-state index is -0.843. The molecule has 0 fully saturated rings. The van der Waals surface area contributed by atoms with Crippen molar-refractivity contribution in [3.8, 4) is 0 Å². The summed E-state index contributed by atoms with van der Waals surface area (Å²) in [5.41, 5.74) is 0.823. The van der Waals surface area contributed by atoms with E-state index in [0.29, 0.717) is 0 Å². The Bertz CT molecular complexity index is 319. The average Bonchev–Trinajstić information content (AvgIpc) is 2.15. The van der Waals surface area contributed by atoms with E-state index in [9.17, 15) is 4.79 Å². The summed E-state index contributed by atoms with van der Waals surface area (Å²) in [4.78, 5) is 12.0. The number of Topliss-reactive ketones (excluding diaryl/α,β-unsaturated/α-hetero) is 1. The summed E-state index contributed by atoms with van der Waals surface area (Å²) >= 11 is 4.66. The highest BCUT2D eigenvalue weighted by Gasteiger charge is 2.26. The second kappa shape index (κ2) is 5.16. The third-order valence-corrected chi connectivity index (χ3v) is 11.8. The number of carbonyl (C=O) groups is 1. The number of carbonyl (C=O) groups excluding carboxylic acids is 1. The van der Waals surface area contributed by atoms with Gasteiger partial charge in [0.05, 0.1) is 0 Å². The Morgan fingerprint density at radius 2 is 1.79 bits per heavy atom. The molecule has 0 saturated heterocycles. The van der Waals surface area contributed by atoms with Gasteiger partial charge in [0, 0.05) is 5.56 Å². The highest BCUT2D eigenvalue weighted by atomic mass is 127. The molecule has 0 heterocycles. The average molecular weight is 434 g/mol. The minimum absolute atomic E-state index is 0.100. The van der Waals surface area contributed by atoms with Crippen LogP contribution in [0, 0.1) is 0 Å². The maximum Gasteiger partial charge on any atom is 0.184 e. The highest BCUT2D eigenvalue weighted by Crippen LogP contribution is 2.57. The maximum absolute atomic E-state index is 12.0. The molecular formula is C10H12I2OS. The van der Waals surface area contributed by atoms with Gasteiger partial charge in [-0.05, 0) is 33.7 Å². The molecular weight excluding hydrogens is 422 g/mol. The third-order valence-electron chi connectivity index (χ3n) is 1.76. The summed E-state index contributed by atoms with van der Waals surface area (Å²) in [6.07, 6.45) is 4.32. The largest absolute Gasteiger partial charge is 0.292 e. The standard InChI is InChI=1S/C10H12I2OS/c1-14(2,12)10(11)9(13)8-6-4-3-5-7-8/h3-7,10H,1-2H3. The molecule has 0 aliphatic rings. The molecule has 0 saturated carbocycles. The molecule has 1 aromatic carbocycles. The smallest absolute Gasteiger partial charge is 0.184 e. The Morgan fingerprint density at radius 1 is 1.29 bits per heavy atom. The van der Waals surface area contributed by atoms with Crippen LogP contribution in [0.5, 0.6) is 0 Å². The van der Waals surface area contributed by atoms with Crippen molar-refractivity contribution in [1.29, 1.82) is 0 Å². The van der Waals surface area contributed by atoms with E-state index in [4.69, 9.17) is 0 Å². The summed E-state index contributed by atoms with van der Waals surface area (Å²) < 4.78 is 0.100. The van der Waals surface area contributed by atoms with Crippen LogP contribution in [-0.2, 0) is 0 Å². The van der Waals surface area contributed by atoms with Crippen molar-refractivity contribution in [2.24, 2.45) is 0 Å². The van der Waals surface area contributed by atoms with E-state index in [-0.39, 0.29) is 9.04 Å². The summed E-state index contributed by atoms with van der Waals surface area (Å²) in [6, 6.07) is 9.52. The first-order valence-electron chi connectivity index (χ1n) is 4.08. The van der Waals surface area contributed by atoms with Crippen LogP contribution < -0.4 is 0 Å². The normalized spacial score (nSPS) is 14.9. The Labute approximate surface area is 112 Å². The van der Waals surface area contributed by atoms with Crippen LogP contribution in [0.2, 0.25) is 0 Å². The third kappa shape index (κ3) is 3.37. The number of hydrogen-bond donors (Lipinski definition) is 0. The first-order valence-corrected chi connectivity index (χ1v) is 10.4. The van der Waals surface area contributed by atoms with E-state index in [0.717, 1.165) is 5.56 Å². The van der Waals surface area contributed by atoms with E-state index in [2.05, 4.69) is 56.3 Å². The van der Waals surface area contributed by atoms with Gasteiger partial charge in [0.1, 0.15) is 3.26 Å². The predicted molar refractivity (Wildman–Crippen MR) is 82.0 cm³/mol. The quantitative estimate of drug-likeness (QED) is 0.399. The van der Waals surface area contributed by atoms with E-state index < -0.39 is 7.20 Å². The van der Waals surface area contributed by atoms with Crippen LogP contribution in [0.4, 0.5) is 0 Å². The number of alkyl halides is 1. The lowest BCUT2D eigenvalue weighted by Crippen LogP contribution is -2.17.